The summed E-state index contributed by atoms with van der Waals surface area (Å²) in [5, 5.41) is 0. The van der Waals surface area contributed by atoms with Gasteiger partial charge in [0.15, 0.2) is 0 Å². The molecule has 17 heavy (non-hydrogen) atoms. The molecule has 0 aliphatic carbocycles. The van der Waals surface area contributed by atoms with Crippen molar-refractivity contribution in [1.29, 1.82) is 0 Å². The van der Waals surface area contributed by atoms with Crippen LogP contribution in [0.15, 0.2) is 24.2 Å². The molecule has 1 saturated heterocycles. The molecule has 1 aliphatic rings. The van der Waals surface area contributed by atoms with Crippen molar-refractivity contribution in [3.63, 3.8) is 0 Å². The second-order valence-corrected chi connectivity index (χ2v) is 4.93. The molecule has 0 unspecified atom stereocenters. The molecule has 1 fully saturated rings. The molecule has 0 saturated carbocycles. The molecule has 4 heteroatoms. The molecule has 0 aromatic heterocycles. The SMILES string of the molecule is [2H]c1c([2H])c([2H])c(B2OC(C)(C)C(C)(C)O2)c(OC([2H])([2H])[2H])c1[2H]. The molecule has 0 atom stereocenters. The van der Waals surface area contributed by atoms with Crippen LogP contribution in [0.5, 0.6) is 5.75 Å². The quantitative estimate of drug-likeness (QED) is 0.741. The zero-order chi connectivity index (χ0) is 18.7. The maximum Gasteiger partial charge on any atom is 0.498 e. The predicted octanol–water partition coefficient (Wildman–Crippen LogP) is 1.99. The third-order valence-electron chi connectivity index (χ3n) is 3.27. The molecular formula is C13H19BO3. The Hall–Kier alpha value is -0.995. The Morgan fingerprint density at radius 2 is 1.76 bits per heavy atom. The van der Waals surface area contributed by atoms with E-state index >= 15 is 0 Å². The Labute approximate surface area is 113 Å². The van der Waals surface area contributed by atoms with Gasteiger partial charge in [-0.2, -0.15) is 0 Å². The molecule has 1 heterocycles. The van der Waals surface area contributed by atoms with Crippen molar-refractivity contribution in [2.75, 3.05) is 7.04 Å². The van der Waals surface area contributed by atoms with Gasteiger partial charge in [0.05, 0.1) is 27.8 Å². The van der Waals surface area contributed by atoms with Gasteiger partial charge in [-0.05, 0) is 33.7 Å². The van der Waals surface area contributed by atoms with Crippen LogP contribution in [0.2, 0.25) is 0 Å². The van der Waals surface area contributed by atoms with Gasteiger partial charge in [-0.25, -0.2) is 0 Å². The Morgan fingerprint density at radius 1 is 1.18 bits per heavy atom. The lowest BCUT2D eigenvalue weighted by atomic mass is 9.78. The van der Waals surface area contributed by atoms with Crippen LogP contribution in [0.3, 0.4) is 0 Å². The van der Waals surface area contributed by atoms with E-state index in [-0.39, 0.29) is 5.46 Å². The Morgan fingerprint density at radius 3 is 2.35 bits per heavy atom. The van der Waals surface area contributed by atoms with E-state index in [0.29, 0.717) is 0 Å². The second kappa shape index (κ2) is 4.04. The minimum absolute atomic E-state index is 0.157. The topological polar surface area (TPSA) is 27.7 Å². The van der Waals surface area contributed by atoms with Crippen LogP contribution in [0, 0.1) is 0 Å². The van der Waals surface area contributed by atoms with Gasteiger partial charge in [-0.1, -0.05) is 18.1 Å². The van der Waals surface area contributed by atoms with E-state index < -0.39 is 55.3 Å². The number of hydrogen-bond acceptors (Lipinski definition) is 3. The van der Waals surface area contributed by atoms with Gasteiger partial charge in [0.1, 0.15) is 5.75 Å². The van der Waals surface area contributed by atoms with Crippen molar-refractivity contribution in [1.82, 2.24) is 0 Å². The Bertz CT molecular complexity index is 657. The summed E-state index contributed by atoms with van der Waals surface area (Å²) in [5.41, 5.74) is -1.67. The Kier molecular flexibility index (Phi) is 1.48. The molecule has 0 spiro atoms. The van der Waals surface area contributed by atoms with Gasteiger partial charge >= 0.3 is 7.12 Å². The maximum atomic E-state index is 8.09. The molecule has 0 radical (unpaired) electrons. The van der Waals surface area contributed by atoms with Crippen LogP contribution in [-0.2, 0) is 9.31 Å². The van der Waals surface area contributed by atoms with Crippen LogP contribution in [-0.4, -0.2) is 25.4 Å². The second-order valence-electron chi connectivity index (χ2n) is 4.93. The van der Waals surface area contributed by atoms with Crippen LogP contribution in [0.4, 0.5) is 0 Å². The van der Waals surface area contributed by atoms with Gasteiger partial charge in [0, 0.05) is 5.46 Å². The number of ether oxygens (including phenoxy) is 1. The Balaban J connectivity index is 2.65. The van der Waals surface area contributed by atoms with E-state index in [4.69, 9.17) is 23.6 Å². The lowest BCUT2D eigenvalue weighted by Gasteiger charge is -2.32. The summed E-state index contributed by atoms with van der Waals surface area (Å²) in [7, 11) is -4.05. The first-order valence-electron chi connectivity index (χ1n) is 8.83. The third kappa shape index (κ3) is 2.07. The number of hydrogen-bond donors (Lipinski definition) is 0. The van der Waals surface area contributed by atoms with Crippen molar-refractivity contribution in [2.45, 2.75) is 38.9 Å². The fraction of sp³-hybridized carbons (Fsp3) is 0.538. The summed E-state index contributed by atoms with van der Waals surface area (Å²) in [6, 6.07) is -2.13. The molecular weight excluding hydrogens is 215 g/mol. The monoisotopic (exact) mass is 241 g/mol. The van der Waals surface area contributed by atoms with Crippen molar-refractivity contribution >= 4 is 12.6 Å². The summed E-state index contributed by atoms with van der Waals surface area (Å²) >= 11 is 0. The van der Waals surface area contributed by atoms with Crippen molar-refractivity contribution in [2.24, 2.45) is 0 Å². The molecule has 0 N–H and O–H groups in total. The number of rotatable bonds is 2. The molecule has 92 valence electrons. The van der Waals surface area contributed by atoms with Gasteiger partial charge in [-0.15, -0.1) is 0 Å². The fourth-order valence-electron chi connectivity index (χ4n) is 1.52. The number of para-hydroxylation sites is 1. The highest BCUT2D eigenvalue weighted by molar-refractivity contribution is 6.63. The average molecular weight is 241 g/mol. The normalized spacial score (nSPS) is 28.2. The molecule has 3 nitrogen and oxygen atoms in total. The molecule has 0 bridgehead atoms. The smallest absolute Gasteiger partial charge is 0.497 e. The summed E-state index contributed by atoms with van der Waals surface area (Å²) in [6.07, 6.45) is 0. The molecule has 2 rings (SSSR count). The van der Waals surface area contributed by atoms with Gasteiger partial charge in [0.2, 0.25) is 0 Å². The zero-order valence-electron chi connectivity index (χ0n) is 17.3. The van der Waals surface area contributed by atoms with Crippen LogP contribution < -0.4 is 10.2 Å². The van der Waals surface area contributed by atoms with E-state index in [0.717, 1.165) is 0 Å². The average Bonchev–Trinajstić information content (AvgIpc) is 2.60. The van der Waals surface area contributed by atoms with E-state index in [9.17, 15) is 0 Å². The highest BCUT2D eigenvalue weighted by Gasteiger charge is 2.52. The lowest BCUT2D eigenvalue weighted by molar-refractivity contribution is 0.00578. The number of benzene rings is 1. The fourth-order valence-corrected chi connectivity index (χ4v) is 1.52. The third-order valence-corrected chi connectivity index (χ3v) is 3.27. The van der Waals surface area contributed by atoms with Crippen molar-refractivity contribution < 1.29 is 23.6 Å². The molecule has 1 aliphatic heterocycles. The van der Waals surface area contributed by atoms with Gasteiger partial charge < -0.3 is 14.0 Å². The minimum atomic E-state index is -2.88. The summed E-state index contributed by atoms with van der Waals surface area (Å²) in [5.74, 6) is -0.487. The van der Waals surface area contributed by atoms with E-state index in [1.54, 1.807) is 27.7 Å². The van der Waals surface area contributed by atoms with E-state index in [1.165, 1.54) is 0 Å². The van der Waals surface area contributed by atoms with Gasteiger partial charge in [0.25, 0.3) is 0 Å². The van der Waals surface area contributed by atoms with E-state index in [1.807, 2.05) is 0 Å². The summed E-state index contributed by atoms with van der Waals surface area (Å²) < 4.78 is 69.8. The predicted molar refractivity (Wildman–Crippen MR) is 68.7 cm³/mol. The largest absolute Gasteiger partial charge is 0.498 e. The molecule has 1 aromatic rings. The van der Waals surface area contributed by atoms with Gasteiger partial charge in [-0.3, -0.25) is 0 Å². The van der Waals surface area contributed by atoms with E-state index in [2.05, 4.69) is 0 Å². The first kappa shape index (κ1) is 6.25. The molecule has 0 amide bonds. The highest BCUT2D eigenvalue weighted by atomic mass is 16.7. The number of methoxy groups -OCH3 is 1. The standard InChI is InChI=1S/C13H19BO3/c1-12(2)13(3,4)17-14(16-12)10-8-6-7-9-11(10)15-5/h6-9H,1-5H3/i5D3,6D,7D,8D,9D. The van der Waals surface area contributed by atoms with Crippen molar-refractivity contribution in [3.05, 3.63) is 24.2 Å². The highest BCUT2D eigenvalue weighted by Crippen LogP contribution is 2.37. The van der Waals surface area contributed by atoms with Crippen LogP contribution >= 0.6 is 0 Å². The molecule has 1 aromatic carbocycles. The van der Waals surface area contributed by atoms with Crippen LogP contribution in [0.25, 0.3) is 0 Å². The van der Waals surface area contributed by atoms with Crippen molar-refractivity contribution in [3.8, 4) is 5.75 Å². The first-order chi connectivity index (χ1) is 10.7. The summed E-state index contributed by atoms with van der Waals surface area (Å²) in [6.45, 7) is 7.12. The van der Waals surface area contributed by atoms with Crippen LogP contribution in [0.1, 0.15) is 37.3 Å². The summed E-state index contributed by atoms with van der Waals surface area (Å²) in [4.78, 5) is 0. The first-order valence-corrected chi connectivity index (χ1v) is 5.33. The lowest BCUT2D eigenvalue weighted by Crippen LogP contribution is -2.41. The zero-order valence-corrected chi connectivity index (χ0v) is 10.3. The maximum absolute atomic E-state index is 8.09. The minimum Gasteiger partial charge on any atom is -0.497 e.